The van der Waals surface area contributed by atoms with Crippen LogP contribution < -0.4 is 0 Å². The van der Waals surface area contributed by atoms with E-state index in [1.807, 2.05) is 13.8 Å². The summed E-state index contributed by atoms with van der Waals surface area (Å²) in [4.78, 5) is 12.2. The Labute approximate surface area is 148 Å². The van der Waals surface area contributed by atoms with Crippen molar-refractivity contribution in [1.29, 1.82) is 0 Å². The first-order valence-corrected chi connectivity index (χ1v) is 7.87. The van der Waals surface area contributed by atoms with Crippen LogP contribution in [-0.2, 0) is 32.2 Å². The fourth-order valence-electron chi connectivity index (χ4n) is 3.00. The first-order chi connectivity index (χ1) is 12.2. The van der Waals surface area contributed by atoms with Gasteiger partial charge in [0.25, 0.3) is 0 Å². The Hall–Kier alpha value is -2.09. The van der Waals surface area contributed by atoms with E-state index in [1.54, 1.807) is 6.08 Å². The van der Waals surface area contributed by atoms with Gasteiger partial charge in [0.1, 0.15) is 6.61 Å². The first kappa shape index (κ1) is 20.2. The lowest BCUT2D eigenvalue weighted by molar-refractivity contribution is -0.147. The molecule has 144 valence electrons. The molecule has 0 spiro atoms. The summed E-state index contributed by atoms with van der Waals surface area (Å²) in [6.45, 7) is 2.10. The van der Waals surface area contributed by atoms with Gasteiger partial charge >= 0.3 is 5.97 Å². The minimum absolute atomic E-state index is 0.165. The number of allylic oxidation sites excluding steroid dienone is 1. The van der Waals surface area contributed by atoms with E-state index in [2.05, 4.69) is 4.74 Å². The Kier molecular flexibility index (Phi) is 5.95. The van der Waals surface area contributed by atoms with E-state index in [4.69, 9.17) is 9.47 Å². The van der Waals surface area contributed by atoms with Crippen molar-refractivity contribution < 1.29 is 36.6 Å². The van der Waals surface area contributed by atoms with E-state index in [1.165, 1.54) is 13.4 Å². The summed E-state index contributed by atoms with van der Waals surface area (Å²) in [6.07, 6.45) is 3.12. The van der Waals surface area contributed by atoms with Gasteiger partial charge in [0, 0.05) is 7.11 Å². The van der Waals surface area contributed by atoms with Gasteiger partial charge in [-0.05, 0) is 17.4 Å². The van der Waals surface area contributed by atoms with Crippen LogP contribution >= 0.6 is 0 Å². The standard InChI is InChI=1S/C18H20F4O4/c1-18(2)11(5-6-24-3)12(18)17(23)26-8-10-15(21)13(19)9(7-25-4)14(20)16(10)22/h5-6,11-12H,7-8H2,1-4H3/t11-,12+/m0/s1. The molecule has 0 N–H and O–H groups in total. The molecule has 2 atom stereocenters. The molecule has 2 rings (SSSR count). The number of ether oxygens (including phenoxy) is 3. The zero-order valence-electron chi connectivity index (χ0n) is 14.9. The Morgan fingerprint density at radius 2 is 1.50 bits per heavy atom. The molecule has 0 aromatic heterocycles. The highest BCUT2D eigenvalue weighted by Crippen LogP contribution is 2.59. The van der Waals surface area contributed by atoms with Crippen LogP contribution in [-0.4, -0.2) is 20.2 Å². The Morgan fingerprint density at radius 1 is 1.00 bits per heavy atom. The number of carbonyl (C=O) groups excluding carboxylic acids is 1. The molecule has 1 aromatic carbocycles. The van der Waals surface area contributed by atoms with E-state index in [-0.39, 0.29) is 5.92 Å². The number of esters is 1. The van der Waals surface area contributed by atoms with Gasteiger partial charge in [0.05, 0.1) is 37.0 Å². The molecule has 0 saturated heterocycles. The summed E-state index contributed by atoms with van der Waals surface area (Å²) < 4.78 is 70.1. The van der Waals surface area contributed by atoms with Crippen molar-refractivity contribution in [3.63, 3.8) is 0 Å². The maximum atomic E-state index is 14.0. The van der Waals surface area contributed by atoms with Gasteiger partial charge in [-0.2, -0.15) is 0 Å². The smallest absolute Gasteiger partial charge is 0.310 e. The number of benzene rings is 1. The van der Waals surface area contributed by atoms with Crippen LogP contribution in [0, 0.1) is 40.5 Å². The van der Waals surface area contributed by atoms with Gasteiger partial charge in [-0.1, -0.05) is 13.8 Å². The molecule has 1 fully saturated rings. The highest BCUT2D eigenvalue weighted by molar-refractivity contribution is 5.78. The fraction of sp³-hybridized carbons (Fsp3) is 0.500. The molecule has 1 aromatic rings. The molecule has 26 heavy (non-hydrogen) atoms. The van der Waals surface area contributed by atoms with Crippen molar-refractivity contribution in [3.05, 3.63) is 46.7 Å². The van der Waals surface area contributed by atoms with Crippen molar-refractivity contribution in [1.82, 2.24) is 0 Å². The maximum Gasteiger partial charge on any atom is 0.310 e. The van der Waals surface area contributed by atoms with Gasteiger partial charge in [0.15, 0.2) is 23.3 Å². The summed E-state index contributed by atoms with van der Waals surface area (Å²) >= 11 is 0. The normalized spacial score (nSPS) is 21.1. The highest BCUT2D eigenvalue weighted by Gasteiger charge is 2.61. The summed E-state index contributed by atoms with van der Waals surface area (Å²) in [5.74, 6) is -7.75. The number of halogens is 4. The minimum atomic E-state index is -1.60. The molecule has 0 radical (unpaired) electrons. The molecule has 1 saturated carbocycles. The van der Waals surface area contributed by atoms with E-state index < -0.39 is 64.9 Å². The Morgan fingerprint density at radius 3 is 1.96 bits per heavy atom. The zero-order valence-corrected chi connectivity index (χ0v) is 14.9. The van der Waals surface area contributed by atoms with Crippen molar-refractivity contribution in [2.75, 3.05) is 14.2 Å². The number of hydrogen-bond acceptors (Lipinski definition) is 4. The fourth-order valence-corrected chi connectivity index (χ4v) is 3.00. The zero-order chi connectivity index (χ0) is 19.6. The topological polar surface area (TPSA) is 44.8 Å². The third-order valence-corrected chi connectivity index (χ3v) is 4.68. The molecular formula is C18H20F4O4. The maximum absolute atomic E-state index is 14.0. The average Bonchev–Trinajstić information content (AvgIpc) is 3.15. The average molecular weight is 376 g/mol. The van der Waals surface area contributed by atoms with E-state index in [0.717, 1.165) is 7.11 Å². The summed E-state index contributed by atoms with van der Waals surface area (Å²) in [7, 11) is 2.59. The van der Waals surface area contributed by atoms with Gasteiger partial charge in [-0.3, -0.25) is 4.79 Å². The number of rotatable bonds is 7. The quantitative estimate of drug-likeness (QED) is 0.314. The first-order valence-electron chi connectivity index (χ1n) is 7.87. The molecular weight excluding hydrogens is 356 g/mol. The number of methoxy groups -OCH3 is 2. The Bertz CT molecular complexity index is 701. The van der Waals surface area contributed by atoms with Gasteiger partial charge in [-0.15, -0.1) is 0 Å². The third kappa shape index (κ3) is 3.56. The van der Waals surface area contributed by atoms with Crippen LogP contribution in [0.15, 0.2) is 12.3 Å². The Balaban J connectivity index is 2.15. The largest absolute Gasteiger partial charge is 0.505 e. The molecule has 8 heteroatoms. The van der Waals surface area contributed by atoms with Crippen molar-refractivity contribution in [2.24, 2.45) is 17.3 Å². The number of hydrogen-bond donors (Lipinski definition) is 0. The molecule has 4 nitrogen and oxygen atoms in total. The molecule has 0 aliphatic heterocycles. The number of carbonyl (C=O) groups is 1. The van der Waals surface area contributed by atoms with Crippen LogP contribution in [0.1, 0.15) is 25.0 Å². The molecule has 0 unspecified atom stereocenters. The van der Waals surface area contributed by atoms with Crippen molar-refractivity contribution >= 4 is 5.97 Å². The second kappa shape index (κ2) is 7.65. The summed E-state index contributed by atoms with van der Waals surface area (Å²) in [5.41, 5.74) is -2.25. The monoisotopic (exact) mass is 376 g/mol. The van der Waals surface area contributed by atoms with Crippen LogP contribution in [0.2, 0.25) is 0 Å². The van der Waals surface area contributed by atoms with Gasteiger partial charge in [0.2, 0.25) is 0 Å². The summed E-state index contributed by atoms with van der Waals surface area (Å²) in [6, 6.07) is 0. The predicted molar refractivity (Wildman–Crippen MR) is 83.7 cm³/mol. The predicted octanol–water partition coefficient (Wildman–Crippen LogP) is 3.86. The minimum Gasteiger partial charge on any atom is -0.505 e. The van der Waals surface area contributed by atoms with Crippen molar-refractivity contribution in [2.45, 2.75) is 27.1 Å². The van der Waals surface area contributed by atoms with Crippen LogP contribution in [0.5, 0.6) is 0 Å². The molecule has 0 bridgehead atoms. The van der Waals surface area contributed by atoms with Crippen LogP contribution in [0.25, 0.3) is 0 Å². The highest BCUT2D eigenvalue weighted by atomic mass is 19.2. The third-order valence-electron chi connectivity index (χ3n) is 4.68. The molecule has 0 amide bonds. The van der Waals surface area contributed by atoms with Crippen molar-refractivity contribution in [3.8, 4) is 0 Å². The van der Waals surface area contributed by atoms with E-state index in [0.29, 0.717) is 0 Å². The lowest BCUT2D eigenvalue weighted by Crippen LogP contribution is -2.15. The molecule has 0 heterocycles. The lowest BCUT2D eigenvalue weighted by Gasteiger charge is -2.12. The van der Waals surface area contributed by atoms with Crippen LogP contribution in [0.4, 0.5) is 17.6 Å². The van der Waals surface area contributed by atoms with Gasteiger partial charge < -0.3 is 14.2 Å². The molecule has 1 aliphatic carbocycles. The lowest BCUT2D eigenvalue weighted by atomic mass is 10.1. The summed E-state index contributed by atoms with van der Waals surface area (Å²) in [5, 5.41) is 0. The van der Waals surface area contributed by atoms with Crippen LogP contribution in [0.3, 0.4) is 0 Å². The van der Waals surface area contributed by atoms with E-state index in [9.17, 15) is 22.4 Å². The van der Waals surface area contributed by atoms with E-state index >= 15 is 0 Å². The second-order valence-corrected chi connectivity index (χ2v) is 6.64. The molecule has 1 aliphatic rings. The SMILES string of the molecule is COC=C[C@H]1[C@H](C(=O)OCc2c(F)c(F)c(COC)c(F)c2F)C1(C)C. The van der Waals surface area contributed by atoms with Gasteiger partial charge in [-0.25, -0.2) is 17.6 Å². The second-order valence-electron chi connectivity index (χ2n) is 6.64.